The van der Waals surface area contributed by atoms with Gasteiger partial charge in [-0.2, -0.15) is 0 Å². The van der Waals surface area contributed by atoms with Crippen molar-refractivity contribution in [3.63, 3.8) is 0 Å². The van der Waals surface area contributed by atoms with Crippen LogP contribution in [0.1, 0.15) is 46.2 Å². The molecule has 18 heavy (non-hydrogen) atoms. The van der Waals surface area contributed by atoms with Crippen molar-refractivity contribution in [3.8, 4) is 0 Å². The van der Waals surface area contributed by atoms with E-state index in [4.69, 9.17) is 11.6 Å². The molecule has 1 unspecified atom stereocenters. The normalized spacial score (nSPS) is 22.8. The van der Waals surface area contributed by atoms with Crippen molar-refractivity contribution in [2.24, 2.45) is 16.7 Å². The maximum Gasteiger partial charge on any atom is 0.0409 e. The summed E-state index contributed by atoms with van der Waals surface area (Å²) in [6.45, 7) is 12.6. The average Bonchev–Trinajstić information content (AvgIpc) is 2.67. The van der Waals surface area contributed by atoms with E-state index >= 15 is 0 Å². The Morgan fingerprint density at radius 1 is 1.22 bits per heavy atom. The second-order valence-electron chi connectivity index (χ2n) is 6.51. The Balaban J connectivity index is 2.31. The van der Waals surface area contributed by atoms with Crippen molar-refractivity contribution in [1.29, 1.82) is 0 Å². The molecule has 1 atom stereocenters. The molecule has 1 aliphatic carbocycles. The Kier molecular flexibility index (Phi) is 3.50. The van der Waals surface area contributed by atoms with Gasteiger partial charge in [0.15, 0.2) is 0 Å². The third kappa shape index (κ3) is 2.08. The molecule has 2 rings (SSSR count). The Labute approximate surface area is 116 Å². The highest BCUT2D eigenvalue weighted by atomic mass is 35.5. The zero-order chi connectivity index (χ0) is 13.6. The SMILES string of the molecule is CCNC(c1cccc(Cl)c1)C1C(C)(C)C1(C)C. The maximum atomic E-state index is 6.13. The van der Waals surface area contributed by atoms with Crippen LogP contribution in [0, 0.1) is 16.7 Å². The lowest BCUT2D eigenvalue weighted by Crippen LogP contribution is -2.25. The highest BCUT2D eigenvalue weighted by Gasteiger charge is 2.67. The first-order chi connectivity index (χ1) is 8.32. The Bertz CT molecular complexity index is 422. The van der Waals surface area contributed by atoms with Crippen LogP contribution in [-0.2, 0) is 0 Å². The lowest BCUT2D eigenvalue weighted by molar-refractivity contribution is 0.418. The Morgan fingerprint density at radius 2 is 1.83 bits per heavy atom. The number of halogens is 1. The highest BCUT2D eigenvalue weighted by molar-refractivity contribution is 6.30. The van der Waals surface area contributed by atoms with Gasteiger partial charge in [-0.15, -0.1) is 0 Å². The van der Waals surface area contributed by atoms with Crippen LogP contribution in [-0.4, -0.2) is 6.54 Å². The standard InChI is InChI=1S/C16H24ClN/c1-6-18-13(11-8-7-9-12(17)10-11)14-15(2,3)16(14,4)5/h7-10,13-14,18H,6H2,1-5H3. The largest absolute Gasteiger partial charge is 0.310 e. The van der Waals surface area contributed by atoms with Gasteiger partial charge in [0.2, 0.25) is 0 Å². The third-order valence-corrected chi connectivity index (χ3v) is 5.33. The summed E-state index contributed by atoms with van der Waals surface area (Å²) in [5.41, 5.74) is 2.07. The monoisotopic (exact) mass is 265 g/mol. The first kappa shape index (κ1) is 13.9. The molecule has 0 amide bonds. The van der Waals surface area contributed by atoms with E-state index < -0.39 is 0 Å². The van der Waals surface area contributed by atoms with Gasteiger partial charge in [-0.25, -0.2) is 0 Å². The van der Waals surface area contributed by atoms with Crippen molar-refractivity contribution in [1.82, 2.24) is 5.32 Å². The molecule has 1 aromatic carbocycles. The van der Waals surface area contributed by atoms with Crippen LogP contribution in [0.5, 0.6) is 0 Å². The number of nitrogens with one attached hydrogen (secondary N) is 1. The van der Waals surface area contributed by atoms with E-state index in [1.165, 1.54) is 5.56 Å². The van der Waals surface area contributed by atoms with E-state index in [0.29, 0.717) is 22.8 Å². The minimum Gasteiger partial charge on any atom is -0.310 e. The van der Waals surface area contributed by atoms with Gasteiger partial charge < -0.3 is 5.32 Å². The quantitative estimate of drug-likeness (QED) is 0.834. The van der Waals surface area contributed by atoms with Crippen molar-refractivity contribution >= 4 is 11.6 Å². The van der Waals surface area contributed by atoms with Crippen molar-refractivity contribution in [2.45, 2.75) is 40.7 Å². The van der Waals surface area contributed by atoms with Crippen molar-refractivity contribution < 1.29 is 0 Å². The maximum absolute atomic E-state index is 6.13. The number of hydrogen-bond acceptors (Lipinski definition) is 1. The smallest absolute Gasteiger partial charge is 0.0409 e. The fourth-order valence-electron chi connectivity index (χ4n) is 3.43. The highest BCUT2D eigenvalue weighted by Crippen LogP contribution is 2.72. The summed E-state index contributed by atoms with van der Waals surface area (Å²) in [6.07, 6.45) is 0. The van der Waals surface area contributed by atoms with Crippen LogP contribution in [0.3, 0.4) is 0 Å². The summed E-state index contributed by atoms with van der Waals surface area (Å²) in [7, 11) is 0. The molecule has 0 saturated heterocycles. The van der Waals surface area contributed by atoms with E-state index in [9.17, 15) is 0 Å². The summed E-state index contributed by atoms with van der Waals surface area (Å²) >= 11 is 6.13. The van der Waals surface area contributed by atoms with Crippen molar-refractivity contribution in [3.05, 3.63) is 34.9 Å². The molecule has 0 radical (unpaired) electrons. The van der Waals surface area contributed by atoms with Crippen LogP contribution in [0.25, 0.3) is 0 Å². The minimum absolute atomic E-state index is 0.377. The second kappa shape index (κ2) is 4.54. The van der Waals surface area contributed by atoms with Crippen LogP contribution >= 0.6 is 11.6 Å². The molecule has 1 N–H and O–H groups in total. The van der Waals surface area contributed by atoms with E-state index in [1.807, 2.05) is 12.1 Å². The Morgan fingerprint density at radius 3 is 2.28 bits per heavy atom. The molecule has 1 nitrogen and oxygen atoms in total. The van der Waals surface area contributed by atoms with Crippen LogP contribution in [0.4, 0.5) is 0 Å². The molecule has 100 valence electrons. The van der Waals surface area contributed by atoms with Gasteiger partial charge in [0.25, 0.3) is 0 Å². The average molecular weight is 266 g/mol. The molecule has 1 aliphatic rings. The van der Waals surface area contributed by atoms with E-state index in [-0.39, 0.29) is 0 Å². The molecule has 0 aromatic heterocycles. The molecule has 0 heterocycles. The predicted molar refractivity (Wildman–Crippen MR) is 78.9 cm³/mol. The number of hydrogen-bond donors (Lipinski definition) is 1. The topological polar surface area (TPSA) is 12.0 Å². The number of benzene rings is 1. The van der Waals surface area contributed by atoms with E-state index in [0.717, 1.165) is 11.6 Å². The van der Waals surface area contributed by atoms with Gasteiger partial charge in [0.1, 0.15) is 0 Å². The summed E-state index contributed by atoms with van der Waals surface area (Å²) in [4.78, 5) is 0. The van der Waals surface area contributed by atoms with Crippen LogP contribution in [0.2, 0.25) is 5.02 Å². The molecule has 2 heteroatoms. The van der Waals surface area contributed by atoms with Crippen LogP contribution in [0.15, 0.2) is 24.3 Å². The lowest BCUT2D eigenvalue weighted by atomic mass is 9.96. The van der Waals surface area contributed by atoms with Gasteiger partial charge in [0, 0.05) is 11.1 Å². The molecule has 0 spiro atoms. The van der Waals surface area contributed by atoms with Crippen LogP contribution < -0.4 is 5.32 Å². The lowest BCUT2D eigenvalue weighted by Gasteiger charge is -2.21. The molecule has 0 bridgehead atoms. The molecular formula is C16H24ClN. The first-order valence-corrected chi connectivity index (χ1v) is 7.19. The zero-order valence-corrected chi connectivity index (χ0v) is 12.8. The third-order valence-electron chi connectivity index (χ3n) is 5.10. The molecule has 1 fully saturated rings. The van der Waals surface area contributed by atoms with Gasteiger partial charge >= 0.3 is 0 Å². The summed E-state index contributed by atoms with van der Waals surface area (Å²) in [5, 5.41) is 4.47. The van der Waals surface area contributed by atoms with E-state index in [2.05, 4.69) is 52.1 Å². The molecule has 0 aliphatic heterocycles. The zero-order valence-electron chi connectivity index (χ0n) is 12.0. The summed E-state index contributed by atoms with van der Waals surface area (Å²) < 4.78 is 0. The minimum atomic E-state index is 0.377. The second-order valence-corrected chi connectivity index (χ2v) is 6.95. The Hall–Kier alpha value is -0.530. The molecule has 1 saturated carbocycles. The summed E-state index contributed by atoms with van der Waals surface area (Å²) in [5.74, 6) is 0.656. The molecular weight excluding hydrogens is 242 g/mol. The fourth-order valence-corrected chi connectivity index (χ4v) is 3.63. The van der Waals surface area contributed by atoms with Gasteiger partial charge in [-0.3, -0.25) is 0 Å². The fraction of sp³-hybridized carbons (Fsp3) is 0.625. The summed E-state index contributed by atoms with van der Waals surface area (Å²) in [6, 6.07) is 8.67. The van der Waals surface area contributed by atoms with Crippen molar-refractivity contribution in [2.75, 3.05) is 6.54 Å². The predicted octanol–water partition coefficient (Wildman–Crippen LogP) is 4.67. The van der Waals surface area contributed by atoms with Gasteiger partial charge in [-0.05, 0) is 41.0 Å². The van der Waals surface area contributed by atoms with Gasteiger partial charge in [0.05, 0.1) is 0 Å². The first-order valence-electron chi connectivity index (χ1n) is 6.81. The number of rotatable bonds is 4. The van der Waals surface area contributed by atoms with Gasteiger partial charge in [-0.1, -0.05) is 58.4 Å². The van der Waals surface area contributed by atoms with E-state index in [1.54, 1.807) is 0 Å². The molecule has 1 aromatic rings.